The second-order valence-corrected chi connectivity index (χ2v) is 12.6. The molecule has 0 spiro atoms. The standard InChI is InChI=1S/C33H41N3O4S/c1-3-30(33(38)34-28-18-9-5-10-19-28)35(24-23-27-16-7-4-8-17-27)32(37)25-36(31-22-14-13-15-26(31)2)41(39,40)29-20-11-6-12-21-29/h4,6-8,11-17,20-22,28,30H,3,5,9-10,18-19,23-25H2,1-2H3,(H,34,38)/t30-/m0/s1. The molecule has 41 heavy (non-hydrogen) atoms. The Bertz CT molecular complexity index is 1390. The Labute approximate surface area is 244 Å². The van der Waals surface area contributed by atoms with Crippen LogP contribution in [0.1, 0.15) is 56.6 Å². The first-order valence-corrected chi connectivity index (χ1v) is 16.0. The molecule has 0 saturated heterocycles. The maximum atomic E-state index is 14.2. The molecule has 1 atom stereocenters. The smallest absolute Gasteiger partial charge is 0.264 e. The summed E-state index contributed by atoms with van der Waals surface area (Å²) in [4.78, 5) is 29.5. The highest BCUT2D eigenvalue weighted by Crippen LogP contribution is 2.27. The lowest BCUT2D eigenvalue weighted by Gasteiger charge is -2.34. The third kappa shape index (κ3) is 7.76. The van der Waals surface area contributed by atoms with Crippen LogP contribution in [0, 0.1) is 6.92 Å². The molecule has 0 heterocycles. The molecule has 0 radical (unpaired) electrons. The number of carbonyl (C=O) groups is 2. The SMILES string of the molecule is CC[C@@H](C(=O)NC1CCCCC1)N(CCc1ccccc1)C(=O)CN(c1ccccc1C)S(=O)(=O)c1ccccc1. The molecule has 7 nitrogen and oxygen atoms in total. The van der Waals surface area contributed by atoms with Crippen LogP contribution in [0.5, 0.6) is 0 Å². The van der Waals surface area contributed by atoms with Gasteiger partial charge in [-0.3, -0.25) is 13.9 Å². The Kier molecular flexibility index (Phi) is 10.6. The minimum absolute atomic E-state index is 0.106. The first-order chi connectivity index (χ1) is 19.8. The van der Waals surface area contributed by atoms with Crippen molar-refractivity contribution in [1.82, 2.24) is 10.2 Å². The number of anilines is 1. The summed E-state index contributed by atoms with van der Waals surface area (Å²) in [6.45, 7) is 3.61. The number of sulfonamides is 1. The van der Waals surface area contributed by atoms with Crippen molar-refractivity contribution in [2.75, 3.05) is 17.4 Å². The Morgan fingerprint density at radius 1 is 0.878 bits per heavy atom. The van der Waals surface area contributed by atoms with Crippen molar-refractivity contribution in [3.05, 3.63) is 96.1 Å². The lowest BCUT2D eigenvalue weighted by molar-refractivity contribution is -0.140. The van der Waals surface area contributed by atoms with Crippen molar-refractivity contribution in [3.63, 3.8) is 0 Å². The fourth-order valence-corrected chi connectivity index (χ4v) is 7.02. The molecule has 1 aliphatic carbocycles. The van der Waals surface area contributed by atoms with E-state index in [1.807, 2.05) is 56.3 Å². The van der Waals surface area contributed by atoms with E-state index in [0.717, 1.165) is 36.8 Å². The molecule has 0 aromatic heterocycles. The van der Waals surface area contributed by atoms with Gasteiger partial charge in [-0.25, -0.2) is 8.42 Å². The Hall–Kier alpha value is -3.65. The van der Waals surface area contributed by atoms with Gasteiger partial charge in [0.2, 0.25) is 11.8 Å². The van der Waals surface area contributed by atoms with Gasteiger partial charge in [0.1, 0.15) is 12.6 Å². The first-order valence-electron chi connectivity index (χ1n) is 14.6. The summed E-state index contributed by atoms with van der Waals surface area (Å²) in [5.41, 5.74) is 2.21. The van der Waals surface area contributed by atoms with Gasteiger partial charge >= 0.3 is 0 Å². The molecule has 3 aromatic rings. The molecular weight excluding hydrogens is 534 g/mol. The quantitative estimate of drug-likeness (QED) is 0.310. The summed E-state index contributed by atoms with van der Waals surface area (Å²) in [5, 5.41) is 3.19. The zero-order valence-electron chi connectivity index (χ0n) is 24.0. The number of amides is 2. The number of para-hydroxylation sites is 1. The van der Waals surface area contributed by atoms with Crippen LogP contribution in [0.25, 0.3) is 0 Å². The van der Waals surface area contributed by atoms with Crippen LogP contribution in [0.15, 0.2) is 89.8 Å². The second-order valence-electron chi connectivity index (χ2n) is 10.7. The van der Waals surface area contributed by atoms with Gasteiger partial charge in [0.15, 0.2) is 0 Å². The van der Waals surface area contributed by atoms with Crippen LogP contribution >= 0.6 is 0 Å². The highest BCUT2D eigenvalue weighted by Gasteiger charge is 2.34. The summed E-state index contributed by atoms with van der Waals surface area (Å²) in [7, 11) is -4.06. The van der Waals surface area contributed by atoms with Crippen molar-refractivity contribution < 1.29 is 18.0 Å². The monoisotopic (exact) mass is 575 g/mol. The van der Waals surface area contributed by atoms with Gasteiger partial charge in [0.05, 0.1) is 10.6 Å². The molecule has 0 unspecified atom stereocenters. The normalized spacial score (nSPS) is 14.7. The third-order valence-electron chi connectivity index (χ3n) is 7.82. The summed E-state index contributed by atoms with van der Waals surface area (Å²) in [5.74, 6) is -0.580. The number of rotatable bonds is 12. The van der Waals surface area contributed by atoms with E-state index in [2.05, 4.69) is 5.32 Å². The van der Waals surface area contributed by atoms with E-state index in [4.69, 9.17) is 0 Å². The number of nitrogens with zero attached hydrogens (tertiary/aromatic N) is 2. The van der Waals surface area contributed by atoms with Crippen LogP contribution in [-0.4, -0.2) is 50.3 Å². The van der Waals surface area contributed by atoms with Gasteiger partial charge in [-0.1, -0.05) is 92.9 Å². The number of nitrogens with one attached hydrogen (secondary N) is 1. The number of carbonyl (C=O) groups excluding carboxylic acids is 2. The van der Waals surface area contributed by atoms with Crippen LogP contribution < -0.4 is 9.62 Å². The molecule has 8 heteroatoms. The topological polar surface area (TPSA) is 86.8 Å². The zero-order chi connectivity index (χ0) is 29.2. The van der Waals surface area contributed by atoms with Gasteiger partial charge in [0, 0.05) is 12.6 Å². The van der Waals surface area contributed by atoms with Crippen molar-refractivity contribution in [3.8, 4) is 0 Å². The van der Waals surface area contributed by atoms with E-state index < -0.39 is 28.5 Å². The van der Waals surface area contributed by atoms with Crippen molar-refractivity contribution in [2.45, 2.75) is 75.8 Å². The molecule has 218 valence electrons. The van der Waals surface area contributed by atoms with E-state index >= 15 is 0 Å². The van der Waals surface area contributed by atoms with E-state index in [-0.39, 0.29) is 16.8 Å². The minimum atomic E-state index is -4.06. The van der Waals surface area contributed by atoms with Crippen molar-refractivity contribution >= 4 is 27.5 Å². The van der Waals surface area contributed by atoms with Crippen LogP contribution in [0.4, 0.5) is 5.69 Å². The zero-order valence-corrected chi connectivity index (χ0v) is 24.9. The second kappa shape index (κ2) is 14.3. The lowest BCUT2D eigenvalue weighted by Crippen LogP contribution is -2.54. The van der Waals surface area contributed by atoms with E-state index in [0.29, 0.717) is 25.1 Å². The van der Waals surface area contributed by atoms with Crippen molar-refractivity contribution in [1.29, 1.82) is 0 Å². The molecule has 1 saturated carbocycles. The highest BCUT2D eigenvalue weighted by atomic mass is 32.2. The predicted octanol–water partition coefficient (Wildman–Crippen LogP) is 5.49. The summed E-state index contributed by atoms with van der Waals surface area (Å²) >= 11 is 0. The molecule has 1 N–H and O–H groups in total. The van der Waals surface area contributed by atoms with Gasteiger partial charge in [-0.2, -0.15) is 0 Å². The van der Waals surface area contributed by atoms with Gasteiger partial charge in [-0.15, -0.1) is 0 Å². The molecular formula is C33H41N3O4S. The molecule has 0 bridgehead atoms. The molecule has 3 aromatic carbocycles. The van der Waals surface area contributed by atoms with Crippen LogP contribution in [-0.2, 0) is 26.0 Å². The average Bonchev–Trinajstić information content (AvgIpc) is 2.99. The Morgan fingerprint density at radius 2 is 1.49 bits per heavy atom. The number of hydrogen-bond acceptors (Lipinski definition) is 4. The minimum Gasteiger partial charge on any atom is -0.352 e. The molecule has 1 aliphatic rings. The number of benzene rings is 3. The molecule has 1 fully saturated rings. The fourth-order valence-electron chi connectivity index (χ4n) is 5.52. The van der Waals surface area contributed by atoms with Crippen LogP contribution in [0.3, 0.4) is 0 Å². The maximum Gasteiger partial charge on any atom is 0.264 e. The summed E-state index contributed by atoms with van der Waals surface area (Å²) < 4.78 is 29.1. The van der Waals surface area contributed by atoms with E-state index in [9.17, 15) is 18.0 Å². The predicted molar refractivity (Wildman–Crippen MR) is 163 cm³/mol. The summed E-state index contributed by atoms with van der Waals surface area (Å²) in [6.07, 6.45) is 6.20. The maximum absolute atomic E-state index is 14.2. The van der Waals surface area contributed by atoms with Crippen LogP contribution in [0.2, 0.25) is 0 Å². The number of hydrogen-bond donors (Lipinski definition) is 1. The highest BCUT2D eigenvalue weighted by molar-refractivity contribution is 7.92. The molecule has 0 aliphatic heterocycles. The van der Waals surface area contributed by atoms with Crippen molar-refractivity contribution in [2.24, 2.45) is 0 Å². The third-order valence-corrected chi connectivity index (χ3v) is 9.59. The average molecular weight is 576 g/mol. The Balaban J connectivity index is 1.66. The molecule has 2 amide bonds. The van der Waals surface area contributed by atoms with Gasteiger partial charge in [-0.05, 0) is 61.9 Å². The Morgan fingerprint density at radius 3 is 2.12 bits per heavy atom. The van der Waals surface area contributed by atoms with E-state index in [1.54, 1.807) is 35.2 Å². The summed E-state index contributed by atoms with van der Waals surface area (Å²) in [6, 6.07) is 24.5. The number of aryl methyl sites for hydroxylation is 1. The van der Waals surface area contributed by atoms with E-state index in [1.165, 1.54) is 22.9 Å². The lowest BCUT2D eigenvalue weighted by atomic mass is 9.95. The first kappa shape index (κ1) is 30.3. The van der Waals surface area contributed by atoms with Gasteiger partial charge in [0.25, 0.3) is 10.0 Å². The van der Waals surface area contributed by atoms with Gasteiger partial charge < -0.3 is 10.2 Å². The molecule has 4 rings (SSSR count). The largest absolute Gasteiger partial charge is 0.352 e. The fraction of sp³-hybridized carbons (Fsp3) is 0.394.